The van der Waals surface area contributed by atoms with E-state index in [2.05, 4.69) is 6.92 Å². The third-order valence-corrected chi connectivity index (χ3v) is 9.72. The second-order valence-electron chi connectivity index (χ2n) is 12.3. The van der Waals surface area contributed by atoms with E-state index in [1.807, 2.05) is 0 Å². The summed E-state index contributed by atoms with van der Waals surface area (Å²) in [5, 5.41) is 0. The zero-order valence-electron chi connectivity index (χ0n) is 22.5. The number of benzene rings is 2. The Morgan fingerprint density at radius 1 is 0.641 bits per heavy atom. The molecule has 0 radical (unpaired) electrons. The topological polar surface area (TPSA) is 9.23 Å². The molecule has 0 amide bonds. The van der Waals surface area contributed by atoms with Gasteiger partial charge in [0, 0.05) is 0 Å². The standard InChI is InChI=1S/C32H38F6O/c1-19-2-4-20(5-3-19)21-6-11-25(12-7-21)32(37,38)39-26-13-8-22(9-14-26)24-17-29(35)31(30(36)18-24)23-10-15-27(33)28(34)16-23/h10,15-22,25-26H,2-9,11-14H2,1H3. The molecular formula is C32H38F6O. The van der Waals surface area contributed by atoms with Crippen molar-refractivity contribution in [2.24, 2.45) is 23.7 Å². The number of hydrogen-bond acceptors (Lipinski definition) is 1. The lowest BCUT2D eigenvalue weighted by atomic mass is 9.69. The van der Waals surface area contributed by atoms with Gasteiger partial charge in [0.05, 0.1) is 17.6 Å². The lowest BCUT2D eigenvalue weighted by molar-refractivity contribution is -0.301. The fraction of sp³-hybridized carbons (Fsp3) is 0.625. The van der Waals surface area contributed by atoms with Crippen LogP contribution in [0.3, 0.4) is 0 Å². The van der Waals surface area contributed by atoms with Crippen molar-refractivity contribution in [2.75, 3.05) is 0 Å². The van der Waals surface area contributed by atoms with Crippen molar-refractivity contribution < 1.29 is 31.1 Å². The van der Waals surface area contributed by atoms with E-state index in [0.29, 0.717) is 55.9 Å². The van der Waals surface area contributed by atoms with Crippen molar-refractivity contribution in [3.8, 4) is 11.1 Å². The smallest absolute Gasteiger partial charge is 0.317 e. The van der Waals surface area contributed by atoms with E-state index in [-0.39, 0.29) is 11.5 Å². The molecule has 0 atom stereocenters. The summed E-state index contributed by atoms with van der Waals surface area (Å²) in [4.78, 5) is 0. The Hall–Kier alpha value is -2.02. The number of halogens is 6. The minimum atomic E-state index is -3.16. The Bertz CT molecular complexity index is 1100. The fourth-order valence-corrected chi connectivity index (χ4v) is 7.27. The molecule has 5 rings (SSSR count). The number of hydrogen-bond donors (Lipinski definition) is 0. The van der Waals surface area contributed by atoms with Gasteiger partial charge in [0.1, 0.15) is 11.6 Å². The molecule has 1 nitrogen and oxygen atoms in total. The highest BCUT2D eigenvalue weighted by Gasteiger charge is 2.45. The monoisotopic (exact) mass is 552 g/mol. The average Bonchev–Trinajstić information content (AvgIpc) is 2.91. The molecule has 214 valence electrons. The second-order valence-corrected chi connectivity index (χ2v) is 12.3. The van der Waals surface area contributed by atoms with Crippen molar-refractivity contribution >= 4 is 0 Å². The van der Waals surface area contributed by atoms with E-state index < -0.39 is 47.0 Å². The van der Waals surface area contributed by atoms with E-state index in [4.69, 9.17) is 4.74 Å². The van der Waals surface area contributed by atoms with Gasteiger partial charge in [0.15, 0.2) is 11.6 Å². The van der Waals surface area contributed by atoms with Crippen molar-refractivity contribution in [3.05, 3.63) is 59.2 Å². The van der Waals surface area contributed by atoms with Crippen molar-refractivity contribution in [1.29, 1.82) is 0 Å². The predicted octanol–water partition coefficient (Wildman–Crippen LogP) is 10.2. The van der Waals surface area contributed by atoms with Crippen LogP contribution in [0.2, 0.25) is 0 Å². The van der Waals surface area contributed by atoms with Crippen LogP contribution in [-0.4, -0.2) is 12.2 Å². The molecule has 39 heavy (non-hydrogen) atoms. The molecule has 0 spiro atoms. The maximum Gasteiger partial charge on any atom is 0.358 e. The molecule has 0 bridgehead atoms. The summed E-state index contributed by atoms with van der Waals surface area (Å²) in [7, 11) is 0. The van der Waals surface area contributed by atoms with E-state index >= 15 is 8.78 Å². The average molecular weight is 553 g/mol. The summed E-state index contributed by atoms with van der Waals surface area (Å²) in [6.07, 6.45) is 5.70. The SMILES string of the molecule is CC1CCC(C2CCC(C(F)(F)OC3CCC(c4cc(F)c(-c5ccc(F)c(F)c5)c(F)c4)CC3)CC2)CC1. The van der Waals surface area contributed by atoms with Crippen LogP contribution in [0.25, 0.3) is 11.1 Å². The summed E-state index contributed by atoms with van der Waals surface area (Å²) >= 11 is 0. The van der Waals surface area contributed by atoms with Gasteiger partial charge < -0.3 is 4.74 Å². The van der Waals surface area contributed by atoms with Crippen LogP contribution in [0, 0.1) is 46.9 Å². The van der Waals surface area contributed by atoms with Gasteiger partial charge in [0.2, 0.25) is 0 Å². The molecule has 3 aliphatic rings. The predicted molar refractivity (Wildman–Crippen MR) is 139 cm³/mol. The Morgan fingerprint density at radius 3 is 1.77 bits per heavy atom. The highest BCUT2D eigenvalue weighted by molar-refractivity contribution is 5.65. The van der Waals surface area contributed by atoms with E-state index in [1.54, 1.807) is 0 Å². The van der Waals surface area contributed by atoms with Gasteiger partial charge in [-0.3, -0.25) is 0 Å². The van der Waals surface area contributed by atoms with E-state index in [1.165, 1.54) is 37.8 Å². The van der Waals surface area contributed by atoms with Gasteiger partial charge in [0.25, 0.3) is 0 Å². The summed E-state index contributed by atoms with van der Waals surface area (Å²) in [5.74, 6) is -2.90. The number of rotatable bonds is 6. The lowest BCUT2D eigenvalue weighted by Gasteiger charge is -2.40. The van der Waals surface area contributed by atoms with Gasteiger partial charge in [-0.1, -0.05) is 25.8 Å². The van der Waals surface area contributed by atoms with Gasteiger partial charge in [-0.2, -0.15) is 8.78 Å². The fourth-order valence-electron chi connectivity index (χ4n) is 7.27. The largest absolute Gasteiger partial charge is 0.358 e. The van der Waals surface area contributed by atoms with Crippen LogP contribution in [0.5, 0.6) is 0 Å². The Morgan fingerprint density at radius 2 is 1.21 bits per heavy atom. The molecular weight excluding hydrogens is 514 g/mol. The molecule has 0 unspecified atom stereocenters. The number of alkyl halides is 2. The van der Waals surface area contributed by atoms with Crippen LogP contribution in [-0.2, 0) is 4.74 Å². The molecule has 0 aromatic heterocycles. The van der Waals surface area contributed by atoms with Gasteiger partial charge in [-0.15, -0.1) is 0 Å². The van der Waals surface area contributed by atoms with Crippen LogP contribution in [0.15, 0.2) is 30.3 Å². The highest BCUT2D eigenvalue weighted by Crippen LogP contribution is 2.47. The normalized spacial score (nSPS) is 30.3. The summed E-state index contributed by atoms with van der Waals surface area (Å²) in [6.45, 7) is 2.30. The van der Waals surface area contributed by atoms with Crippen LogP contribution in [0.1, 0.15) is 95.5 Å². The highest BCUT2D eigenvalue weighted by atomic mass is 19.3. The zero-order valence-corrected chi connectivity index (χ0v) is 22.5. The molecule has 2 aromatic carbocycles. The first-order valence-corrected chi connectivity index (χ1v) is 14.6. The van der Waals surface area contributed by atoms with Crippen LogP contribution in [0.4, 0.5) is 26.3 Å². The second kappa shape index (κ2) is 11.8. The van der Waals surface area contributed by atoms with Crippen LogP contribution < -0.4 is 0 Å². The third-order valence-electron chi connectivity index (χ3n) is 9.72. The molecule has 0 saturated heterocycles. The first-order chi connectivity index (χ1) is 18.6. The lowest BCUT2D eigenvalue weighted by Crippen LogP contribution is -2.39. The van der Waals surface area contributed by atoms with E-state index in [0.717, 1.165) is 37.0 Å². The molecule has 7 heteroatoms. The quantitative estimate of drug-likeness (QED) is 0.324. The minimum absolute atomic E-state index is 0.0860. The first-order valence-electron chi connectivity index (χ1n) is 14.6. The zero-order chi connectivity index (χ0) is 27.7. The van der Waals surface area contributed by atoms with Crippen molar-refractivity contribution in [2.45, 2.75) is 102 Å². The molecule has 3 aliphatic carbocycles. The Kier molecular flexibility index (Phi) is 8.65. The first kappa shape index (κ1) is 28.5. The molecule has 2 aromatic rings. The van der Waals surface area contributed by atoms with Crippen molar-refractivity contribution in [3.63, 3.8) is 0 Å². The van der Waals surface area contributed by atoms with Crippen molar-refractivity contribution in [1.82, 2.24) is 0 Å². The van der Waals surface area contributed by atoms with Crippen LogP contribution >= 0.6 is 0 Å². The molecule has 0 aliphatic heterocycles. The molecule has 0 heterocycles. The van der Waals surface area contributed by atoms with Gasteiger partial charge in [-0.25, -0.2) is 17.6 Å². The Balaban J connectivity index is 1.14. The third kappa shape index (κ3) is 6.49. The molecule has 3 fully saturated rings. The van der Waals surface area contributed by atoms with Gasteiger partial charge in [-0.05, 0) is 123 Å². The van der Waals surface area contributed by atoms with Gasteiger partial charge >= 0.3 is 6.11 Å². The maximum absolute atomic E-state index is 15.1. The van der Waals surface area contributed by atoms with E-state index in [9.17, 15) is 17.6 Å². The number of ether oxygens (including phenoxy) is 1. The maximum atomic E-state index is 15.1. The summed E-state index contributed by atoms with van der Waals surface area (Å²) in [5.41, 5.74) is -0.0591. The molecule has 0 N–H and O–H groups in total. The summed E-state index contributed by atoms with van der Waals surface area (Å²) < 4.78 is 92.2. The summed E-state index contributed by atoms with van der Waals surface area (Å²) in [6, 6.07) is 5.15. The minimum Gasteiger partial charge on any atom is -0.317 e. The Labute approximate surface area is 227 Å². The molecule has 3 saturated carbocycles.